The Labute approximate surface area is 71.6 Å². The number of oxazole rings is 1. The van der Waals surface area contributed by atoms with E-state index < -0.39 is 0 Å². The van der Waals surface area contributed by atoms with Crippen LogP contribution in [0.5, 0.6) is 0 Å². The van der Waals surface area contributed by atoms with Crippen molar-refractivity contribution in [1.82, 2.24) is 9.97 Å². The van der Waals surface area contributed by atoms with Crippen molar-refractivity contribution < 1.29 is 4.42 Å². The normalized spacial score (nSPS) is 10.7. The molecule has 0 fully saturated rings. The van der Waals surface area contributed by atoms with Gasteiger partial charge in [0.15, 0.2) is 5.89 Å². The molecule has 4 heteroatoms. The van der Waals surface area contributed by atoms with E-state index in [4.69, 9.17) is 4.42 Å². The van der Waals surface area contributed by atoms with Gasteiger partial charge in [0, 0.05) is 17.6 Å². The monoisotopic (exact) mass is 212 g/mol. The number of aryl methyl sites for hydroxylation is 1. The van der Waals surface area contributed by atoms with E-state index in [9.17, 15) is 0 Å². The Morgan fingerprint density at radius 1 is 1.55 bits per heavy atom. The first-order chi connectivity index (χ1) is 5.25. The van der Waals surface area contributed by atoms with Crippen molar-refractivity contribution in [2.24, 2.45) is 0 Å². The van der Waals surface area contributed by atoms with Gasteiger partial charge in [-0.2, -0.15) is 0 Å². The molecular formula is C7H5BrN2O. The summed E-state index contributed by atoms with van der Waals surface area (Å²) in [6.07, 6.45) is 1.69. The van der Waals surface area contributed by atoms with E-state index in [1.807, 2.05) is 6.07 Å². The summed E-state index contributed by atoms with van der Waals surface area (Å²) in [5.41, 5.74) is 1.38. The van der Waals surface area contributed by atoms with E-state index in [0.717, 1.165) is 9.99 Å². The molecule has 0 spiro atoms. The minimum atomic E-state index is 0.589. The van der Waals surface area contributed by atoms with Crippen molar-refractivity contribution in [3.63, 3.8) is 0 Å². The first-order valence-electron chi connectivity index (χ1n) is 3.14. The van der Waals surface area contributed by atoms with Gasteiger partial charge in [-0.05, 0) is 22.0 Å². The summed E-state index contributed by atoms with van der Waals surface area (Å²) in [7, 11) is 0. The lowest BCUT2D eigenvalue weighted by Crippen LogP contribution is -1.73. The molecule has 0 aliphatic carbocycles. The zero-order chi connectivity index (χ0) is 7.84. The third-order valence-corrected chi connectivity index (χ3v) is 1.75. The van der Waals surface area contributed by atoms with Gasteiger partial charge in [-0.3, -0.25) is 0 Å². The maximum atomic E-state index is 5.18. The quantitative estimate of drug-likeness (QED) is 0.673. The van der Waals surface area contributed by atoms with Crippen LogP contribution in [-0.4, -0.2) is 9.97 Å². The first kappa shape index (κ1) is 6.79. The molecular weight excluding hydrogens is 208 g/mol. The average molecular weight is 213 g/mol. The highest BCUT2D eigenvalue weighted by atomic mass is 79.9. The average Bonchev–Trinajstić information content (AvgIpc) is 2.27. The second-order valence-corrected chi connectivity index (χ2v) is 3.13. The fraction of sp³-hybridized carbons (Fsp3) is 0.143. The molecule has 0 aliphatic rings. The third kappa shape index (κ3) is 1.14. The van der Waals surface area contributed by atoms with E-state index in [-0.39, 0.29) is 0 Å². The van der Waals surface area contributed by atoms with Crippen LogP contribution in [0.3, 0.4) is 0 Å². The highest BCUT2D eigenvalue weighted by molar-refractivity contribution is 9.10. The highest BCUT2D eigenvalue weighted by Gasteiger charge is 2.01. The molecule has 0 saturated heterocycles. The Hall–Kier alpha value is -0.900. The van der Waals surface area contributed by atoms with Crippen molar-refractivity contribution in [3.8, 4) is 0 Å². The Morgan fingerprint density at radius 3 is 3.18 bits per heavy atom. The summed E-state index contributed by atoms with van der Waals surface area (Å²) in [5, 5.41) is 0. The fourth-order valence-electron chi connectivity index (χ4n) is 0.907. The summed E-state index contributed by atoms with van der Waals surface area (Å²) in [5.74, 6) is 0.644. The van der Waals surface area contributed by atoms with Gasteiger partial charge in [-0.25, -0.2) is 9.97 Å². The van der Waals surface area contributed by atoms with Crippen LogP contribution in [-0.2, 0) is 0 Å². The van der Waals surface area contributed by atoms with Crippen molar-refractivity contribution in [2.45, 2.75) is 6.92 Å². The second-order valence-electron chi connectivity index (χ2n) is 2.21. The maximum Gasteiger partial charge on any atom is 0.246 e. The zero-order valence-electron chi connectivity index (χ0n) is 5.84. The predicted octanol–water partition coefficient (Wildman–Crippen LogP) is 2.29. The molecule has 11 heavy (non-hydrogen) atoms. The molecule has 0 radical (unpaired) electrons. The summed E-state index contributed by atoms with van der Waals surface area (Å²) in [6.45, 7) is 1.80. The van der Waals surface area contributed by atoms with Crippen molar-refractivity contribution in [3.05, 3.63) is 22.6 Å². The molecule has 0 amide bonds. The van der Waals surface area contributed by atoms with Gasteiger partial charge < -0.3 is 4.42 Å². The van der Waals surface area contributed by atoms with Crippen LogP contribution in [0.25, 0.3) is 11.2 Å². The Morgan fingerprint density at radius 2 is 2.36 bits per heavy atom. The van der Waals surface area contributed by atoms with Crippen LogP contribution in [0.4, 0.5) is 0 Å². The number of hydrogen-bond acceptors (Lipinski definition) is 3. The van der Waals surface area contributed by atoms with Crippen LogP contribution in [0.15, 0.2) is 21.2 Å². The highest BCUT2D eigenvalue weighted by Crippen LogP contribution is 2.16. The standard InChI is InChI=1S/C7H5BrN2O/c1-4-10-6-2-5(8)3-9-7(6)11-4/h2-3H,1H3. The molecule has 0 atom stereocenters. The number of pyridine rings is 1. The molecule has 3 nitrogen and oxygen atoms in total. The Balaban J connectivity index is 2.82. The van der Waals surface area contributed by atoms with Crippen molar-refractivity contribution in [2.75, 3.05) is 0 Å². The van der Waals surface area contributed by atoms with Crippen molar-refractivity contribution in [1.29, 1.82) is 0 Å². The minimum absolute atomic E-state index is 0.589. The largest absolute Gasteiger partial charge is 0.423 e. The van der Waals surface area contributed by atoms with Gasteiger partial charge in [-0.15, -0.1) is 0 Å². The molecule has 2 rings (SSSR count). The molecule has 0 bridgehead atoms. The third-order valence-electron chi connectivity index (χ3n) is 1.32. The molecule has 0 aromatic carbocycles. The van der Waals surface area contributed by atoms with Crippen LogP contribution < -0.4 is 0 Å². The summed E-state index contributed by atoms with van der Waals surface area (Å²) >= 11 is 3.30. The molecule has 0 aliphatic heterocycles. The Bertz CT molecular complexity index is 396. The van der Waals surface area contributed by atoms with E-state index in [1.165, 1.54) is 0 Å². The predicted molar refractivity (Wildman–Crippen MR) is 44.2 cm³/mol. The molecule has 2 aromatic heterocycles. The summed E-state index contributed by atoms with van der Waals surface area (Å²) in [4.78, 5) is 8.14. The lowest BCUT2D eigenvalue weighted by molar-refractivity contribution is 0.551. The van der Waals surface area contributed by atoms with Gasteiger partial charge in [0.2, 0.25) is 5.71 Å². The van der Waals surface area contributed by atoms with Crippen LogP contribution in [0.2, 0.25) is 0 Å². The molecule has 0 unspecified atom stereocenters. The number of aromatic nitrogens is 2. The van der Waals surface area contributed by atoms with Gasteiger partial charge in [0.05, 0.1) is 0 Å². The zero-order valence-corrected chi connectivity index (χ0v) is 7.42. The van der Waals surface area contributed by atoms with E-state index >= 15 is 0 Å². The maximum absolute atomic E-state index is 5.18. The lowest BCUT2D eigenvalue weighted by Gasteiger charge is -1.85. The van der Waals surface area contributed by atoms with E-state index in [0.29, 0.717) is 11.6 Å². The van der Waals surface area contributed by atoms with Crippen LogP contribution in [0, 0.1) is 6.92 Å². The minimum Gasteiger partial charge on any atom is -0.423 e. The summed E-state index contributed by atoms with van der Waals surface area (Å²) in [6, 6.07) is 1.87. The topological polar surface area (TPSA) is 38.9 Å². The molecule has 2 heterocycles. The number of fused-ring (bicyclic) bond motifs is 1. The van der Waals surface area contributed by atoms with Gasteiger partial charge >= 0.3 is 0 Å². The van der Waals surface area contributed by atoms with E-state index in [2.05, 4.69) is 25.9 Å². The number of nitrogens with zero attached hydrogens (tertiary/aromatic N) is 2. The first-order valence-corrected chi connectivity index (χ1v) is 3.94. The smallest absolute Gasteiger partial charge is 0.246 e. The van der Waals surface area contributed by atoms with Crippen LogP contribution >= 0.6 is 15.9 Å². The Kier molecular flexibility index (Phi) is 1.42. The van der Waals surface area contributed by atoms with Crippen molar-refractivity contribution >= 4 is 27.2 Å². The molecule has 56 valence electrons. The fourth-order valence-corrected chi connectivity index (χ4v) is 1.23. The summed E-state index contributed by atoms with van der Waals surface area (Å²) < 4.78 is 6.09. The van der Waals surface area contributed by atoms with Gasteiger partial charge in [0.25, 0.3) is 0 Å². The number of rotatable bonds is 0. The molecule has 0 N–H and O–H groups in total. The van der Waals surface area contributed by atoms with E-state index in [1.54, 1.807) is 13.1 Å². The number of hydrogen-bond donors (Lipinski definition) is 0. The SMILES string of the molecule is Cc1nc2cc(Br)cnc2o1. The lowest BCUT2D eigenvalue weighted by atomic mass is 10.4. The van der Waals surface area contributed by atoms with Gasteiger partial charge in [0.1, 0.15) is 5.52 Å². The van der Waals surface area contributed by atoms with Gasteiger partial charge in [-0.1, -0.05) is 0 Å². The van der Waals surface area contributed by atoms with Crippen LogP contribution in [0.1, 0.15) is 5.89 Å². The number of halogens is 1. The second kappa shape index (κ2) is 2.30. The molecule has 0 saturated carbocycles. The molecule has 2 aromatic rings.